The van der Waals surface area contributed by atoms with E-state index >= 15 is 0 Å². The van der Waals surface area contributed by atoms with Crippen LogP contribution in [0.3, 0.4) is 0 Å². The minimum absolute atomic E-state index is 0.336. The van der Waals surface area contributed by atoms with Gasteiger partial charge in [0.15, 0.2) is 0 Å². The molecule has 21 heavy (non-hydrogen) atoms. The van der Waals surface area contributed by atoms with E-state index in [1.165, 1.54) is 0 Å². The second kappa shape index (κ2) is 6.85. The summed E-state index contributed by atoms with van der Waals surface area (Å²) in [7, 11) is 0. The summed E-state index contributed by atoms with van der Waals surface area (Å²) >= 11 is 1.66. The van der Waals surface area contributed by atoms with Crippen LogP contribution in [0, 0.1) is 31.1 Å². The summed E-state index contributed by atoms with van der Waals surface area (Å²) in [6.07, 6.45) is 4.27. The predicted octanol–water partition coefficient (Wildman–Crippen LogP) is 3.83. The molecule has 4 nitrogen and oxygen atoms in total. The number of nitriles is 1. The van der Waals surface area contributed by atoms with Gasteiger partial charge in [-0.1, -0.05) is 18.2 Å². The Morgan fingerprint density at radius 2 is 2.29 bits per heavy atom. The Labute approximate surface area is 131 Å². The van der Waals surface area contributed by atoms with Crippen molar-refractivity contribution in [2.75, 3.05) is 5.75 Å². The zero-order valence-corrected chi connectivity index (χ0v) is 14.2. The summed E-state index contributed by atoms with van der Waals surface area (Å²) in [5.41, 5.74) is 0.628. The van der Waals surface area contributed by atoms with Gasteiger partial charge in [0.25, 0.3) is 5.22 Å². The molecule has 1 aromatic heterocycles. The van der Waals surface area contributed by atoms with Gasteiger partial charge in [-0.25, -0.2) is 4.98 Å². The molecule has 5 heteroatoms. The summed E-state index contributed by atoms with van der Waals surface area (Å²) < 4.78 is 5.59. The monoisotopic (exact) mass is 307 g/mol. The van der Waals surface area contributed by atoms with Gasteiger partial charge >= 0.3 is 0 Å². The molecule has 1 N–H and O–H groups in total. The Bertz CT molecular complexity index is 501. The van der Waals surface area contributed by atoms with Crippen molar-refractivity contribution >= 4 is 11.8 Å². The lowest BCUT2D eigenvalue weighted by Gasteiger charge is -2.31. The quantitative estimate of drug-likeness (QED) is 0.809. The van der Waals surface area contributed by atoms with Crippen LogP contribution in [0.1, 0.15) is 51.0 Å². The van der Waals surface area contributed by atoms with Crippen LogP contribution in [0.25, 0.3) is 0 Å². The van der Waals surface area contributed by atoms with Gasteiger partial charge in [0, 0.05) is 11.8 Å². The van der Waals surface area contributed by atoms with Crippen LogP contribution in [0.15, 0.2) is 9.64 Å². The maximum absolute atomic E-state index is 9.64. The third-order valence-electron chi connectivity index (χ3n) is 4.27. The van der Waals surface area contributed by atoms with Gasteiger partial charge in [-0.3, -0.25) is 5.32 Å². The fourth-order valence-electron chi connectivity index (χ4n) is 3.15. The summed E-state index contributed by atoms with van der Waals surface area (Å²) in [5, 5.41) is 13.9. The average Bonchev–Trinajstić information content (AvgIpc) is 2.95. The van der Waals surface area contributed by atoms with Crippen molar-refractivity contribution in [3.8, 4) is 6.07 Å². The Morgan fingerprint density at radius 3 is 2.86 bits per heavy atom. The fourth-order valence-corrected chi connectivity index (χ4v) is 4.11. The molecule has 0 amide bonds. The largest absolute Gasteiger partial charge is 0.437 e. The Morgan fingerprint density at radius 1 is 1.52 bits per heavy atom. The smallest absolute Gasteiger partial charge is 0.256 e. The molecule has 1 aromatic rings. The van der Waals surface area contributed by atoms with Crippen molar-refractivity contribution in [1.29, 1.82) is 5.26 Å². The van der Waals surface area contributed by atoms with E-state index in [4.69, 9.17) is 4.42 Å². The molecule has 0 radical (unpaired) electrons. The molecular weight excluding hydrogens is 282 g/mol. The van der Waals surface area contributed by atoms with Crippen molar-refractivity contribution in [2.24, 2.45) is 5.92 Å². The van der Waals surface area contributed by atoms with Gasteiger partial charge in [0.1, 0.15) is 11.3 Å². The van der Waals surface area contributed by atoms with Crippen LogP contribution in [0.2, 0.25) is 0 Å². The van der Waals surface area contributed by atoms with E-state index in [1.54, 1.807) is 11.8 Å². The van der Waals surface area contributed by atoms with Gasteiger partial charge < -0.3 is 4.42 Å². The Hall–Kier alpha value is -0.990. The van der Waals surface area contributed by atoms with Crippen molar-refractivity contribution in [3.05, 3.63) is 11.5 Å². The van der Waals surface area contributed by atoms with Gasteiger partial charge in [-0.15, -0.1) is 0 Å². The van der Waals surface area contributed by atoms with Crippen LogP contribution in [0.5, 0.6) is 0 Å². The van der Waals surface area contributed by atoms with E-state index in [0.29, 0.717) is 12.0 Å². The van der Waals surface area contributed by atoms with Crippen LogP contribution in [-0.4, -0.2) is 22.3 Å². The Balaban J connectivity index is 1.91. The molecule has 1 aliphatic rings. The van der Waals surface area contributed by atoms with Gasteiger partial charge in [0.05, 0.1) is 11.8 Å². The van der Waals surface area contributed by atoms with Crippen molar-refractivity contribution in [1.82, 2.24) is 10.3 Å². The second-order valence-electron chi connectivity index (χ2n) is 6.23. The first-order valence-electron chi connectivity index (χ1n) is 7.72. The van der Waals surface area contributed by atoms with Crippen LogP contribution in [0.4, 0.5) is 0 Å². The third-order valence-corrected chi connectivity index (χ3v) is 5.13. The SMILES string of the molecule is Cc1nc(SCCC2CCCC2(C#N)NC(C)C)oc1C. The van der Waals surface area contributed by atoms with E-state index in [2.05, 4.69) is 30.2 Å². The summed E-state index contributed by atoms with van der Waals surface area (Å²) in [6, 6.07) is 2.90. The van der Waals surface area contributed by atoms with E-state index in [1.807, 2.05) is 13.8 Å². The lowest BCUT2D eigenvalue weighted by molar-refractivity contribution is 0.289. The first kappa shape index (κ1) is 16.4. The zero-order valence-electron chi connectivity index (χ0n) is 13.4. The molecule has 1 fully saturated rings. The highest BCUT2D eigenvalue weighted by atomic mass is 32.2. The van der Waals surface area contributed by atoms with Crippen LogP contribution < -0.4 is 5.32 Å². The number of nitrogens with zero attached hydrogens (tertiary/aromatic N) is 2. The van der Waals surface area contributed by atoms with E-state index in [-0.39, 0.29) is 5.54 Å². The first-order chi connectivity index (χ1) is 9.97. The predicted molar refractivity (Wildman–Crippen MR) is 85.3 cm³/mol. The second-order valence-corrected chi connectivity index (χ2v) is 7.28. The molecule has 0 spiro atoms. The number of aryl methyl sites for hydroxylation is 2. The lowest BCUT2D eigenvalue weighted by atomic mass is 9.86. The van der Waals surface area contributed by atoms with E-state index in [9.17, 15) is 5.26 Å². The van der Waals surface area contributed by atoms with Gasteiger partial charge in [-0.05, 0) is 52.9 Å². The molecule has 2 rings (SSSR count). The van der Waals surface area contributed by atoms with Gasteiger partial charge in [-0.2, -0.15) is 5.26 Å². The summed E-state index contributed by atoms with van der Waals surface area (Å²) in [5.74, 6) is 2.27. The number of rotatable bonds is 6. The first-order valence-corrected chi connectivity index (χ1v) is 8.71. The minimum Gasteiger partial charge on any atom is -0.437 e. The van der Waals surface area contributed by atoms with Crippen LogP contribution in [-0.2, 0) is 0 Å². The molecule has 0 saturated heterocycles. The molecule has 2 unspecified atom stereocenters. The highest BCUT2D eigenvalue weighted by Gasteiger charge is 2.43. The number of nitrogens with one attached hydrogen (secondary N) is 1. The third kappa shape index (κ3) is 3.81. The molecule has 1 heterocycles. The summed E-state index contributed by atoms with van der Waals surface area (Å²) in [4.78, 5) is 4.39. The van der Waals surface area contributed by atoms with Crippen molar-refractivity contribution in [2.45, 2.75) is 70.2 Å². The number of hydrogen-bond donors (Lipinski definition) is 1. The van der Waals surface area contributed by atoms with Crippen molar-refractivity contribution in [3.63, 3.8) is 0 Å². The lowest BCUT2D eigenvalue weighted by Crippen LogP contribution is -2.50. The minimum atomic E-state index is -0.336. The highest BCUT2D eigenvalue weighted by molar-refractivity contribution is 7.99. The number of oxazole rings is 1. The van der Waals surface area contributed by atoms with E-state index < -0.39 is 0 Å². The van der Waals surface area contributed by atoms with Gasteiger partial charge in [0.2, 0.25) is 0 Å². The Kier molecular flexibility index (Phi) is 5.34. The maximum atomic E-state index is 9.64. The molecule has 0 aromatic carbocycles. The molecule has 0 bridgehead atoms. The maximum Gasteiger partial charge on any atom is 0.256 e. The zero-order chi connectivity index (χ0) is 15.5. The highest BCUT2D eigenvalue weighted by Crippen LogP contribution is 2.39. The van der Waals surface area contributed by atoms with Crippen molar-refractivity contribution < 1.29 is 4.42 Å². The molecular formula is C16H25N3OS. The van der Waals surface area contributed by atoms with Crippen LogP contribution >= 0.6 is 11.8 Å². The number of thioether (sulfide) groups is 1. The fraction of sp³-hybridized carbons (Fsp3) is 0.750. The molecule has 116 valence electrons. The number of hydrogen-bond acceptors (Lipinski definition) is 5. The molecule has 2 atom stereocenters. The topological polar surface area (TPSA) is 61.9 Å². The number of aromatic nitrogens is 1. The normalized spacial score (nSPS) is 25.4. The van der Waals surface area contributed by atoms with E-state index in [0.717, 1.165) is 48.1 Å². The molecule has 1 aliphatic carbocycles. The molecule has 0 aliphatic heterocycles. The summed E-state index contributed by atoms with van der Waals surface area (Å²) in [6.45, 7) is 8.13. The average molecular weight is 307 g/mol. The molecule has 1 saturated carbocycles. The standard InChI is InChI=1S/C16H25N3OS/c1-11(2)19-16(10-17)8-5-6-14(16)7-9-21-15-18-12(3)13(4)20-15/h11,14,19H,5-9H2,1-4H3.